The van der Waals surface area contributed by atoms with Crippen LogP contribution in [0.4, 0.5) is 0 Å². The first-order valence-corrected chi connectivity index (χ1v) is 8.18. The average molecular weight is 278 g/mol. The van der Waals surface area contributed by atoms with E-state index < -0.39 is 5.54 Å². The van der Waals surface area contributed by atoms with Gasteiger partial charge in [0.2, 0.25) is 11.8 Å². The highest BCUT2D eigenvalue weighted by Gasteiger charge is 2.54. The van der Waals surface area contributed by atoms with E-state index >= 15 is 0 Å². The Morgan fingerprint density at radius 1 is 1.20 bits per heavy atom. The van der Waals surface area contributed by atoms with Crippen molar-refractivity contribution >= 4 is 11.8 Å². The van der Waals surface area contributed by atoms with E-state index in [9.17, 15) is 9.59 Å². The van der Waals surface area contributed by atoms with Crippen LogP contribution in [0.5, 0.6) is 0 Å². The third-order valence-electron chi connectivity index (χ3n) is 5.61. The summed E-state index contributed by atoms with van der Waals surface area (Å²) in [6, 6.07) is 0.283. The monoisotopic (exact) mass is 278 g/mol. The van der Waals surface area contributed by atoms with Crippen molar-refractivity contribution in [1.82, 2.24) is 10.2 Å². The van der Waals surface area contributed by atoms with Crippen LogP contribution in [0.15, 0.2) is 0 Å². The summed E-state index contributed by atoms with van der Waals surface area (Å²) in [6.45, 7) is 4.40. The van der Waals surface area contributed by atoms with Gasteiger partial charge in [-0.2, -0.15) is 0 Å². The van der Waals surface area contributed by atoms with Crippen molar-refractivity contribution in [1.29, 1.82) is 0 Å². The molecule has 2 aliphatic carbocycles. The number of carbonyl (C=O) groups excluding carboxylic acids is 2. The summed E-state index contributed by atoms with van der Waals surface area (Å²) in [5.41, 5.74) is -0.634. The van der Waals surface area contributed by atoms with Gasteiger partial charge in [-0.1, -0.05) is 26.2 Å². The van der Waals surface area contributed by atoms with E-state index in [1.54, 1.807) is 0 Å². The Morgan fingerprint density at radius 2 is 1.90 bits per heavy atom. The number of nitrogens with zero attached hydrogens (tertiary/aromatic N) is 1. The molecule has 3 rings (SSSR count). The fraction of sp³-hybridized carbons (Fsp3) is 0.875. The molecular weight excluding hydrogens is 252 g/mol. The molecule has 0 aromatic carbocycles. The van der Waals surface area contributed by atoms with E-state index in [1.165, 1.54) is 19.3 Å². The van der Waals surface area contributed by atoms with Crippen LogP contribution in [0.2, 0.25) is 0 Å². The van der Waals surface area contributed by atoms with Gasteiger partial charge in [-0.3, -0.25) is 9.59 Å². The molecule has 0 aromatic rings. The fourth-order valence-electron chi connectivity index (χ4n) is 4.19. The lowest BCUT2D eigenvalue weighted by Crippen LogP contribution is -2.68. The molecule has 3 unspecified atom stereocenters. The Labute approximate surface area is 121 Å². The largest absolute Gasteiger partial charge is 0.340 e. The van der Waals surface area contributed by atoms with Crippen LogP contribution in [0.25, 0.3) is 0 Å². The van der Waals surface area contributed by atoms with Crippen LogP contribution >= 0.6 is 0 Å². The van der Waals surface area contributed by atoms with Crippen LogP contribution in [0, 0.1) is 11.8 Å². The lowest BCUT2D eigenvalue weighted by atomic mass is 9.80. The van der Waals surface area contributed by atoms with Crippen LogP contribution in [-0.2, 0) is 9.59 Å². The smallest absolute Gasteiger partial charge is 0.249 e. The number of hydrogen-bond donors (Lipinski definition) is 1. The quantitative estimate of drug-likeness (QED) is 0.859. The van der Waals surface area contributed by atoms with E-state index in [0.29, 0.717) is 11.8 Å². The topological polar surface area (TPSA) is 49.4 Å². The summed E-state index contributed by atoms with van der Waals surface area (Å²) in [5.74, 6) is 1.12. The van der Waals surface area contributed by atoms with Crippen molar-refractivity contribution in [2.24, 2.45) is 11.8 Å². The average Bonchev–Trinajstić information content (AvgIpc) is 3.27. The van der Waals surface area contributed by atoms with E-state index in [0.717, 1.165) is 25.7 Å². The summed E-state index contributed by atoms with van der Waals surface area (Å²) >= 11 is 0. The van der Waals surface area contributed by atoms with E-state index in [4.69, 9.17) is 0 Å². The number of nitrogens with one attached hydrogen (secondary N) is 1. The maximum atomic E-state index is 12.9. The Bertz CT molecular complexity index is 419. The zero-order valence-electron chi connectivity index (χ0n) is 12.7. The molecular formula is C16H26N2O2. The molecule has 0 radical (unpaired) electrons. The molecule has 2 saturated carbocycles. The lowest BCUT2D eigenvalue weighted by molar-refractivity contribution is -0.154. The molecule has 3 atom stereocenters. The van der Waals surface area contributed by atoms with Crippen molar-refractivity contribution in [3.05, 3.63) is 0 Å². The molecule has 0 aromatic heterocycles. The van der Waals surface area contributed by atoms with Gasteiger partial charge in [-0.05, 0) is 44.4 Å². The van der Waals surface area contributed by atoms with Crippen molar-refractivity contribution in [3.8, 4) is 0 Å². The summed E-state index contributed by atoms with van der Waals surface area (Å²) in [6.07, 6.45) is 7.97. The Kier molecular flexibility index (Phi) is 3.51. The number of carbonyl (C=O) groups is 2. The van der Waals surface area contributed by atoms with Gasteiger partial charge in [0.25, 0.3) is 0 Å². The SMILES string of the molecule is CCC1CCCCC1N1CC(=O)NC(C)(C2CC2)C1=O. The third kappa shape index (κ3) is 2.23. The molecule has 20 heavy (non-hydrogen) atoms. The van der Waals surface area contributed by atoms with Gasteiger partial charge in [0, 0.05) is 6.04 Å². The predicted octanol–water partition coefficient (Wildman–Crippen LogP) is 2.08. The van der Waals surface area contributed by atoms with Gasteiger partial charge in [-0.15, -0.1) is 0 Å². The second-order valence-corrected chi connectivity index (χ2v) is 6.98. The van der Waals surface area contributed by atoms with Crippen molar-refractivity contribution < 1.29 is 9.59 Å². The zero-order chi connectivity index (χ0) is 14.3. The predicted molar refractivity (Wildman–Crippen MR) is 77.0 cm³/mol. The second kappa shape index (κ2) is 5.05. The first kappa shape index (κ1) is 13.9. The lowest BCUT2D eigenvalue weighted by Gasteiger charge is -2.47. The van der Waals surface area contributed by atoms with Gasteiger partial charge in [0.15, 0.2) is 0 Å². The van der Waals surface area contributed by atoms with E-state index in [2.05, 4.69) is 12.2 Å². The molecule has 112 valence electrons. The summed E-state index contributed by atoms with van der Waals surface area (Å²) in [7, 11) is 0. The van der Waals surface area contributed by atoms with Crippen LogP contribution in [0.1, 0.15) is 58.8 Å². The van der Waals surface area contributed by atoms with Gasteiger partial charge in [0.1, 0.15) is 5.54 Å². The van der Waals surface area contributed by atoms with Gasteiger partial charge in [-0.25, -0.2) is 0 Å². The van der Waals surface area contributed by atoms with Crippen LogP contribution in [-0.4, -0.2) is 34.8 Å². The van der Waals surface area contributed by atoms with E-state index in [-0.39, 0.29) is 24.4 Å². The normalized spacial score (nSPS) is 38.8. The van der Waals surface area contributed by atoms with Gasteiger partial charge < -0.3 is 10.2 Å². The molecule has 0 bridgehead atoms. The highest BCUT2D eigenvalue weighted by atomic mass is 16.2. The summed E-state index contributed by atoms with van der Waals surface area (Å²) < 4.78 is 0. The Hall–Kier alpha value is -1.06. The number of hydrogen-bond acceptors (Lipinski definition) is 2. The minimum Gasteiger partial charge on any atom is -0.340 e. The highest BCUT2D eigenvalue weighted by molar-refractivity contribution is 5.98. The van der Waals surface area contributed by atoms with Crippen molar-refractivity contribution in [2.45, 2.75) is 70.4 Å². The maximum Gasteiger partial charge on any atom is 0.249 e. The minimum absolute atomic E-state index is 0.0272. The molecule has 1 heterocycles. The first-order valence-electron chi connectivity index (χ1n) is 8.18. The Morgan fingerprint density at radius 3 is 2.55 bits per heavy atom. The maximum absolute atomic E-state index is 12.9. The highest BCUT2D eigenvalue weighted by Crippen LogP contribution is 2.43. The molecule has 0 spiro atoms. The number of piperazine rings is 1. The minimum atomic E-state index is -0.634. The van der Waals surface area contributed by atoms with E-state index in [1.807, 2.05) is 11.8 Å². The molecule has 1 saturated heterocycles. The van der Waals surface area contributed by atoms with Crippen LogP contribution < -0.4 is 5.32 Å². The van der Waals surface area contributed by atoms with Gasteiger partial charge >= 0.3 is 0 Å². The second-order valence-electron chi connectivity index (χ2n) is 6.98. The first-order chi connectivity index (χ1) is 9.56. The fourth-order valence-corrected chi connectivity index (χ4v) is 4.19. The molecule has 2 amide bonds. The third-order valence-corrected chi connectivity index (χ3v) is 5.61. The molecule has 4 nitrogen and oxygen atoms in total. The van der Waals surface area contributed by atoms with Crippen molar-refractivity contribution in [2.75, 3.05) is 6.54 Å². The number of rotatable bonds is 3. The molecule has 4 heteroatoms. The Balaban J connectivity index is 1.83. The molecule has 3 fully saturated rings. The van der Waals surface area contributed by atoms with Crippen LogP contribution in [0.3, 0.4) is 0 Å². The van der Waals surface area contributed by atoms with Gasteiger partial charge in [0.05, 0.1) is 6.54 Å². The van der Waals surface area contributed by atoms with Crippen molar-refractivity contribution in [3.63, 3.8) is 0 Å². The summed E-state index contributed by atoms with van der Waals surface area (Å²) in [5, 5.41) is 2.98. The molecule has 1 aliphatic heterocycles. The summed E-state index contributed by atoms with van der Waals surface area (Å²) in [4.78, 5) is 27.0. The standard InChI is InChI=1S/C16H26N2O2/c1-3-11-6-4-5-7-13(11)18-10-14(19)17-16(2,15(18)20)12-8-9-12/h11-13H,3-10H2,1-2H3,(H,17,19). The zero-order valence-corrected chi connectivity index (χ0v) is 12.7. The molecule has 1 N–H and O–H groups in total. The number of amides is 2. The molecule has 3 aliphatic rings.